The molecular weight excluding hydrogens is 201 g/mol. The van der Waals surface area contributed by atoms with E-state index in [1.807, 2.05) is 13.0 Å². The third kappa shape index (κ3) is 2.92. The first-order valence-electron chi connectivity index (χ1n) is 4.16. The molecule has 1 unspecified atom stereocenters. The van der Waals surface area contributed by atoms with Crippen molar-refractivity contribution in [2.45, 2.75) is 6.92 Å². The Morgan fingerprint density at radius 1 is 1.71 bits per heavy atom. The van der Waals surface area contributed by atoms with Crippen molar-refractivity contribution in [3.8, 4) is 0 Å². The Labute approximate surface area is 84.8 Å². The first-order chi connectivity index (χ1) is 6.77. The Morgan fingerprint density at radius 2 is 2.50 bits per heavy atom. The van der Waals surface area contributed by atoms with E-state index in [-0.39, 0.29) is 0 Å². The number of hydrogen-bond donors (Lipinski definition) is 0. The summed E-state index contributed by atoms with van der Waals surface area (Å²) < 4.78 is 8.58. The highest BCUT2D eigenvalue weighted by atomic mass is 31.0. The van der Waals surface area contributed by atoms with Crippen molar-refractivity contribution >= 4 is 27.4 Å². The molecule has 0 aliphatic carbocycles. The third-order valence-electron chi connectivity index (χ3n) is 1.56. The minimum Gasteiger partial charge on any atom is -0.446 e. The normalized spacial score (nSPS) is 18.6. The number of hydrazone groups is 1. The second-order valence-electron chi connectivity index (χ2n) is 2.54. The van der Waals surface area contributed by atoms with Gasteiger partial charge < -0.3 is 4.74 Å². The minimum absolute atomic E-state index is 0.396. The van der Waals surface area contributed by atoms with Crippen LogP contribution in [0.2, 0.25) is 0 Å². The van der Waals surface area contributed by atoms with Gasteiger partial charge in [0.1, 0.15) is 6.61 Å². The van der Waals surface area contributed by atoms with E-state index in [9.17, 15) is 4.79 Å². The van der Waals surface area contributed by atoms with Crippen LogP contribution in [0, 0.1) is 0 Å². The molecule has 0 spiro atoms. The summed E-state index contributed by atoms with van der Waals surface area (Å²) in [6, 6.07) is 0. The molecule has 0 aromatic heterocycles. The standard InChI is InChI=1S/C8H12N3O2P/c1-2-3-7(10-14)6-9-11-4-5-13-8(11)12/h2-3,6H,4-5,14H2,1H3/b3-2+,9-6-,10-7?. The molecule has 0 bridgehead atoms. The Bertz CT molecular complexity index is 299. The van der Waals surface area contributed by atoms with Gasteiger partial charge in [0, 0.05) is 0 Å². The molecule has 1 amide bonds. The number of amides is 1. The molecule has 1 rings (SSSR count). The molecular formula is C8H12N3O2P. The van der Waals surface area contributed by atoms with Gasteiger partial charge in [0.15, 0.2) is 0 Å². The summed E-state index contributed by atoms with van der Waals surface area (Å²) in [5.41, 5.74) is 0.678. The second-order valence-corrected chi connectivity index (χ2v) is 2.79. The first kappa shape index (κ1) is 10.9. The van der Waals surface area contributed by atoms with E-state index in [0.29, 0.717) is 18.9 Å². The van der Waals surface area contributed by atoms with Crippen LogP contribution in [0.15, 0.2) is 22.0 Å². The number of rotatable bonds is 3. The number of allylic oxidation sites excluding steroid dienone is 2. The quantitative estimate of drug-likeness (QED) is 0.523. The van der Waals surface area contributed by atoms with E-state index in [0.717, 1.165) is 0 Å². The smallest absolute Gasteiger partial charge is 0.430 e. The van der Waals surface area contributed by atoms with Crippen LogP contribution in [0.25, 0.3) is 0 Å². The van der Waals surface area contributed by atoms with Crippen molar-refractivity contribution in [2.24, 2.45) is 9.86 Å². The molecule has 0 saturated carbocycles. The molecule has 14 heavy (non-hydrogen) atoms. The average Bonchev–Trinajstić information content (AvgIpc) is 2.59. The molecule has 0 N–H and O–H groups in total. The number of ether oxygens (including phenoxy) is 1. The van der Waals surface area contributed by atoms with E-state index in [1.54, 1.807) is 6.08 Å². The van der Waals surface area contributed by atoms with Crippen molar-refractivity contribution < 1.29 is 9.53 Å². The van der Waals surface area contributed by atoms with Crippen LogP contribution in [0.4, 0.5) is 4.79 Å². The fraction of sp³-hybridized carbons (Fsp3) is 0.375. The Hall–Kier alpha value is -1.22. The molecule has 0 aromatic rings. The van der Waals surface area contributed by atoms with Crippen LogP contribution in [0.5, 0.6) is 0 Å². The second kappa shape index (κ2) is 5.50. The molecule has 0 aromatic carbocycles. The maximum atomic E-state index is 11.0. The molecule has 0 radical (unpaired) electrons. The molecule has 1 atom stereocenters. The van der Waals surface area contributed by atoms with Crippen molar-refractivity contribution in [2.75, 3.05) is 13.2 Å². The summed E-state index contributed by atoms with van der Waals surface area (Å²) in [6.45, 7) is 2.77. The van der Waals surface area contributed by atoms with Gasteiger partial charge in [0.25, 0.3) is 0 Å². The Balaban J connectivity index is 2.57. The van der Waals surface area contributed by atoms with Gasteiger partial charge in [-0.1, -0.05) is 6.08 Å². The van der Waals surface area contributed by atoms with Crippen molar-refractivity contribution in [3.05, 3.63) is 12.2 Å². The highest BCUT2D eigenvalue weighted by molar-refractivity contribution is 7.15. The SMILES string of the molecule is C/C=C/C(/C=N\N1CCOC1=O)=NP. The van der Waals surface area contributed by atoms with E-state index in [4.69, 9.17) is 4.74 Å². The summed E-state index contributed by atoms with van der Waals surface area (Å²) in [5, 5.41) is 5.20. The van der Waals surface area contributed by atoms with Gasteiger partial charge in [-0.05, 0) is 22.4 Å². The summed E-state index contributed by atoms with van der Waals surface area (Å²) in [7, 11) is 2.24. The van der Waals surface area contributed by atoms with E-state index < -0.39 is 6.09 Å². The van der Waals surface area contributed by atoms with Crippen molar-refractivity contribution in [3.63, 3.8) is 0 Å². The van der Waals surface area contributed by atoms with E-state index in [1.165, 1.54) is 11.2 Å². The zero-order valence-corrected chi connectivity index (χ0v) is 9.04. The molecule has 1 saturated heterocycles. The molecule has 6 heteroatoms. The lowest BCUT2D eigenvalue weighted by atomic mass is 10.4. The highest BCUT2D eigenvalue weighted by Gasteiger charge is 2.20. The van der Waals surface area contributed by atoms with Crippen LogP contribution >= 0.6 is 9.39 Å². The Morgan fingerprint density at radius 3 is 3.00 bits per heavy atom. The van der Waals surface area contributed by atoms with Crippen LogP contribution in [0.1, 0.15) is 6.92 Å². The van der Waals surface area contributed by atoms with Gasteiger partial charge >= 0.3 is 6.09 Å². The van der Waals surface area contributed by atoms with Gasteiger partial charge in [0.05, 0.1) is 18.5 Å². The lowest BCUT2D eigenvalue weighted by Gasteiger charge is -2.02. The zero-order valence-electron chi connectivity index (χ0n) is 7.88. The summed E-state index contributed by atoms with van der Waals surface area (Å²) in [5.74, 6) is 0. The first-order valence-corrected chi connectivity index (χ1v) is 4.68. The minimum atomic E-state index is -0.412. The zero-order chi connectivity index (χ0) is 10.4. The summed E-state index contributed by atoms with van der Waals surface area (Å²) in [6.07, 6.45) is 4.74. The van der Waals surface area contributed by atoms with Crippen LogP contribution in [-0.4, -0.2) is 36.2 Å². The van der Waals surface area contributed by atoms with Gasteiger partial charge in [0.2, 0.25) is 0 Å². The number of carbonyl (C=O) groups is 1. The van der Waals surface area contributed by atoms with Crippen molar-refractivity contribution in [1.29, 1.82) is 0 Å². The van der Waals surface area contributed by atoms with Gasteiger partial charge in [-0.15, -0.1) is 0 Å². The summed E-state index contributed by atoms with van der Waals surface area (Å²) in [4.78, 5) is 11.0. The molecule has 1 heterocycles. The average molecular weight is 213 g/mol. The van der Waals surface area contributed by atoms with Gasteiger partial charge in [-0.2, -0.15) is 10.1 Å². The molecule has 76 valence electrons. The number of carbonyl (C=O) groups excluding carboxylic acids is 1. The number of hydrogen-bond acceptors (Lipinski definition) is 4. The third-order valence-corrected chi connectivity index (χ3v) is 1.85. The van der Waals surface area contributed by atoms with E-state index in [2.05, 4.69) is 19.3 Å². The maximum Gasteiger partial charge on any atom is 0.430 e. The predicted octanol–water partition coefficient (Wildman–Crippen LogP) is 1.23. The lowest BCUT2D eigenvalue weighted by molar-refractivity contribution is 0.159. The van der Waals surface area contributed by atoms with Crippen LogP contribution in [0.3, 0.4) is 0 Å². The van der Waals surface area contributed by atoms with Crippen molar-refractivity contribution in [1.82, 2.24) is 5.01 Å². The molecule has 1 aliphatic rings. The highest BCUT2D eigenvalue weighted by Crippen LogP contribution is 2.02. The topological polar surface area (TPSA) is 54.3 Å². The summed E-state index contributed by atoms with van der Waals surface area (Å²) >= 11 is 0. The largest absolute Gasteiger partial charge is 0.446 e. The van der Waals surface area contributed by atoms with E-state index >= 15 is 0 Å². The maximum absolute atomic E-state index is 11.0. The van der Waals surface area contributed by atoms with Gasteiger partial charge in [-0.25, -0.2) is 4.79 Å². The fourth-order valence-corrected chi connectivity index (χ4v) is 1.06. The molecule has 5 nitrogen and oxygen atoms in total. The Kier molecular flexibility index (Phi) is 4.26. The fourth-order valence-electron chi connectivity index (χ4n) is 0.909. The monoisotopic (exact) mass is 213 g/mol. The molecule has 1 fully saturated rings. The number of cyclic esters (lactones) is 1. The predicted molar refractivity (Wildman–Crippen MR) is 58.5 cm³/mol. The van der Waals surface area contributed by atoms with Crippen LogP contribution < -0.4 is 0 Å². The molecule has 1 aliphatic heterocycles. The van der Waals surface area contributed by atoms with Crippen LogP contribution in [-0.2, 0) is 4.74 Å². The lowest BCUT2D eigenvalue weighted by Crippen LogP contribution is -2.18. The number of nitrogens with zero attached hydrogens (tertiary/aromatic N) is 3. The van der Waals surface area contributed by atoms with Gasteiger partial charge in [-0.3, -0.25) is 4.76 Å².